The minimum absolute atomic E-state index is 0.115. The number of nitrogens with zero attached hydrogens (tertiary/aromatic N) is 2. The van der Waals surface area contributed by atoms with E-state index in [0.717, 1.165) is 0 Å². The lowest BCUT2D eigenvalue weighted by molar-refractivity contribution is 0.197. The molecule has 1 heterocycles. The smallest absolute Gasteiger partial charge is 0.250 e. The summed E-state index contributed by atoms with van der Waals surface area (Å²) >= 11 is 16.8. The molecule has 0 aromatic carbocycles. The predicted molar refractivity (Wildman–Crippen MR) is 56.6 cm³/mol. The summed E-state index contributed by atoms with van der Waals surface area (Å²) in [5.74, 6) is 0.115. The molecule has 0 spiro atoms. The van der Waals surface area contributed by atoms with E-state index in [1.807, 2.05) is 0 Å². The highest BCUT2D eigenvalue weighted by molar-refractivity contribution is 6.66. The van der Waals surface area contributed by atoms with Crippen LogP contribution in [0.25, 0.3) is 0 Å². The van der Waals surface area contributed by atoms with E-state index >= 15 is 0 Å². The summed E-state index contributed by atoms with van der Waals surface area (Å²) < 4.78 is -1.62. The summed E-state index contributed by atoms with van der Waals surface area (Å²) in [6.07, 6.45) is 0.837. The highest BCUT2D eigenvalue weighted by Crippen LogP contribution is 2.36. The fourth-order valence-corrected chi connectivity index (χ4v) is 1.30. The SMILES string of the molecule is Cc1nc(C(Cl)(Cl)Cl)ncc1[C@@H](C)O. The molecule has 14 heavy (non-hydrogen) atoms. The molecule has 0 saturated heterocycles. The first-order chi connectivity index (χ1) is 6.32. The van der Waals surface area contributed by atoms with Gasteiger partial charge in [0.15, 0.2) is 5.82 Å². The normalized spacial score (nSPS) is 14.1. The van der Waals surface area contributed by atoms with Crippen molar-refractivity contribution < 1.29 is 5.11 Å². The largest absolute Gasteiger partial charge is 0.389 e. The highest BCUT2D eigenvalue weighted by Gasteiger charge is 2.27. The molecule has 6 heteroatoms. The van der Waals surface area contributed by atoms with Crippen molar-refractivity contribution in [3.05, 3.63) is 23.3 Å². The molecule has 0 aliphatic heterocycles. The lowest BCUT2D eigenvalue weighted by atomic mass is 10.1. The Bertz CT molecular complexity index is 336. The summed E-state index contributed by atoms with van der Waals surface area (Å²) in [5.41, 5.74) is 1.24. The molecule has 1 aromatic rings. The number of hydrogen-bond acceptors (Lipinski definition) is 3. The van der Waals surface area contributed by atoms with E-state index in [1.54, 1.807) is 13.8 Å². The standard InChI is InChI=1S/C8H9Cl3N2O/c1-4-6(5(2)14)3-12-7(13-4)8(9,10)11/h3,5,14H,1-2H3/t5-/m1/s1. The van der Waals surface area contributed by atoms with Crippen LogP contribution in [-0.2, 0) is 3.79 Å². The molecule has 0 saturated carbocycles. The van der Waals surface area contributed by atoms with Gasteiger partial charge in [-0.15, -0.1) is 0 Å². The van der Waals surface area contributed by atoms with Gasteiger partial charge in [0.2, 0.25) is 3.79 Å². The Kier molecular flexibility index (Phi) is 3.58. The Morgan fingerprint density at radius 2 is 2.00 bits per heavy atom. The third kappa shape index (κ3) is 2.70. The molecule has 78 valence electrons. The number of hydrogen-bond donors (Lipinski definition) is 1. The monoisotopic (exact) mass is 254 g/mol. The van der Waals surface area contributed by atoms with Crippen molar-refractivity contribution in [3.63, 3.8) is 0 Å². The fourth-order valence-electron chi connectivity index (χ4n) is 1.02. The number of rotatable bonds is 1. The second-order valence-corrected chi connectivity index (χ2v) is 5.19. The number of halogens is 3. The van der Waals surface area contributed by atoms with E-state index < -0.39 is 9.90 Å². The number of aromatic nitrogens is 2. The Hall–Kier alpha value is -0.0900. The molecule has 0 bridgehead atoms. The Balaban J connectivity index is 3.13. The predicted octanol–water partition coefficient (Wildman–Crippen LogP) is 2.67. The van der Waals surface area contributed by atoms with Crippen LogP contribution in [0.3, 0.4) is 0 Å². The van der Waals surface area contributed by atoms with Gasteiger partial charge in [-0.25, -0.2) is 9.97 Å². The minimum atomic E-state index is -1.62. The van der Waals surface area contributed by atoms with Crippen LogP contribution in [0.1, 0.15) is 30.1 Å². The fraction of sp³-hybridized carbons (Fsp3) is 0.500. The molecule has 0 fully saturated rings. The molecule has 3 nitrogen and oxygen atoms in total. The lowest BCUT2D eigenvalue weighted by Gasteiger charge is -2.12. The first kappa shape index (κ1) is 12.0. The van der Waals surface area contributed by atoms with Gasteiger partial charge in [-0.3, -0.25) is 0 Å². The molecule has 0 unspecified atom stereocenters. The molecule has 0 radical (unpaired) electrons. The number of alkyl halides is 3. The molecule has 1 aromatic heterocycles. The highest BCUT2D eigenvalue weighted by atomic mass is 35.6. The van der Waals surface area contributed by atoms with Crippen LogP contribution >= 0.6 is 34.8 Å². The average molecular weight is 256 g/mol. The summed E-state index contributed by atoms with van der Waals surface area (Å²) in [4.78, 5) is 7.86. The van der Waals surface area contributed by atoms with Gasteiger partial charge in [0.1, 0.15) is 0 Å². The number of aliphatic hydroxyl groups is 1. The molecule has 0 aliphatic rings. The quantitative estimate of drug-likeness (QED) is 0.785. The van der Waals surface area contributed by atoms with Crippen LogP contribution in [-0.4, -0.2) is 15.1 Å². The van der Waals surface area contributed by atoms with Crippen molar-refractivity contribution in [3.8, 4) is 0 Å². The molecule has 1 N–H and O–H groups in total. The van der Waals surface area contributed by atoms with Crippen LogP contribution < -0.4 is 0 Å². The van der Waals surface area contributed by atoms with E-state index in [4.69, 9.17) is 34.8 Å². The van der Waals surface area contributed by atoms with Gasteiger partial charge in [-0.2, -0.15) is 0 Å². The maximum Gasteiger partial charge on any atom is 0.250 e. The van der Waals surface area contributed by atoms with Crippen LogP contribution in [0.15, 0.2) is 6.20 Å². The van der Waals surface area contributed by atoms with Crippen LogP contribution in [0, 0.1) is 6.92 Å². The van der Waals surface area contributed by atoms with Crippen LogP contribution in [0.2, 0.25) is 0 Å². The van der Waals surface area contributed by atoms with E-state index in [9.17, 15) is 5.11 Å². The van der Waals surface area contributed by atoms with E-state index in [-0.39, 0.29) is 5.82 Å². The van der Waals surface area contributed by atoms with Gasteiger partial charge < -0.3 is 5.11 Å². The molecular weight excluding hydrogens is 246 g/mol. The first-order valence-electron chi connectivity index (χ1n) is 3.91. The summed E-state index contributed by atoms with van der Waals surface area (Å²) in [6, 6.07) is 0. The second kappa shape index (κ2) is 4.19. The van der Waals surface area contributed by atoms with Crippen molar-refractivity contribution in [2.45, 2.75) is 23.7 Å². The third-order valence-corrected chi connectivity index (χ3v) is 2.23. The summed E-state index contributed by atoms with van der Waals surface area (Å²) in [6.45, 7) is 3.35. The first-order valence-corrected chi connectivity index (χ1v) is 5.04. The topological polar surface area (TPSA) is 46.0 Å². The van der Waals surface area contributed by atoms with Crippen LogP contribution in [0.5, 0.6) is 0 Å². The summed E-state index contributed by atoms with van der Waals surface area (Å²) in [5, 5.41) is 9.32. The third-order valence-electron chi connectivity index (χ3n) is 1.72. The van der Waals surface area contributed by atoms with Gasteiger partial charge in [-0.05, 0) is 13.8 Å². The van der Waals surface area contributed by atoms with Crippen molar-refractivity contribution in [1.29, 1.82) is 0 Å². The van der Waals surface area contributed by atoms with Crippen LogP contribution in [0.4, 0.5) is 0 Å². The summed E-state index contributed by atoms with van der Waals surface area (Å²) in [7, 11) is 0. The average Bonchev–Trinajstić information content (AvgIpc) is 2.01. The molecule has 0 aliphatic carbocycles. The van der Waals surface area contributed by atoms with E-state index in [2.05, 4.69) is 9.97 Å². The van der Waals surface area contributed by atoms with E-state index in [1.165, 1.54) is 6.20 Å². The molecule has 0 amide bonds. The maximum atomic E-state index is 9.32. The zero-order valence-corrected chi connectivity index (χ0v) is 9.90. The van der Waals surface area contributed by atoms with Gasteiger partial charge in [0, 0.05) is 17.5 Å². The molecule has 1 rings (SSSR count). The van der Waals surface area contributed by atoms with Gasteiger partial charge >= 0.3 is 0 Å². The van der Waals surface area contributed by atoms with Gasteiger partial charge in [0.25, 0.3) is 0 Å². The van der Waals surface area contributed by atoms with Gasteiger partial charge in [0.05, 0.1) is 6.10 Å². The maximum absolute atomic E-state index is 9.32. The number of aliphatic hydroxyl groups excluding tert-OH is 1. The van der Waals surface area contributed by atoms with Crippen molar-refractivity contribution in [2.75, 3.05) is 0 Å². The lowest BCUT2D eigenvalue weighted by Crippen LogP contribution is -2.10. The second-order valence-electron chi connectivity index (χ2n) is 2.91. The minimum Gasteiger partial charge on any atom is -0.389 e. The molecular formula is C8H9Cl3N2O. The Labute approximate surface area is 97.0 Å². The van der Waals surface area contributed by atoms with Gasteiger partial charge in [-0.1, -0.05) is 34.8 Å². The zero-order valence-electron chi connectivity index (χ0n) is 7.63. The van der Waals surface area contributed by atoms with Crippen molar-refractivity contribution in [2.24, 2.45) is 0 Å². The van der Waals surface area contributed by atoms with Crippen molar-refractivity contribution >= 4 is 34.8 Å². The number of aryl methyl sites for hydroxylation is 1. The Morgan fingerprint density at radius 3 is 2.36 bits per heavy atom. The Morgan fingerprint density at radius 1 is 1.43 bits per heavy atom. The zero-order chi connectivity index (χ0) is 10.9. The molecule has 1 atom stereocenters. The van der Waals surface area contributed by atoms with E-state index in [0.29, 0.717) is 11.3 Å². The van der Waals surface area contributed by atoms with Crippen molar-refractivity contribution in [1.82, 2.24) is 9.97 Å².